The summed E-state index contributed by atoms with van der Waals surface area (Å²) >= 11 is 2.10. The third kappa shape index (κ3) is 6.12. The van der Waals surface area contributed by atoms with Crippen LogP contribution in [-0.4, -0.2) is 85.8 Å². The summed E-state index contributed by atoms with van der Waals surface area (Å²) in [6.07, 6.45) is 2.46. The number of hydrogen-bond donors (Lipinski definition) is 1. The van der Waals surface area contributed by atoms with Gasteiger partial charge in [0.15, 0.2) is 5.96 Å². The Morgan fingerprint density at radius 3 is 2.67 bits per heavy atom. The van der Waals surface area contributed by atoms with Crippen molar-refractivity contribution in [2.24, 2.45) is 10.9 Å². The molecule has 0 aromatic heterocycles. The average Bonchev–Trinajstić information content (AvgIpc) is 2.62. The SMILES string of the molecule is CCC1CN(C(=NC)NCC(CC(C)C)N2CCOCC2)CCS1. The number of rotatable bonds is 6. The van der Waals surface area contributed by atoms with Gasteiger partial charge in [0.1, 0.15) is 0 Å². The monoisotopic (exact) mass is 356 g/mol. The standard InChI is InChI=1S/C18H36N4OS/c1-5-17-14-22(8-11-24-17)18(19-4)20-13-16(12-15(2)3)21-6-9-23-10-7-21/h15-17H,5-14H2,1-4H3,(H,19,20). The third-order valence-electron chi connectivity index (χ3n) is 4.91. The quantitative estimate of drug-likeness (QED) is 0.583. The highest BCUT2D eigenvalue weighted by Crippen LogP contribution is 2.21. The first kappa shape index (κ1) is 19.9. The molecule has 2 saturated heterocycles. The molecule has 2 heterocycles. The zero-order valence-electron chi connectivity index (χ0n) is 16.0. The van der Waals surface area contributed by atoms with Crippen LogP contribution in [0.3, 0.4) is 0 Å². The van der Waals surface area contributed by atoms with E-state index in [1.54, 1.807) is 0 Å². The highest BCUT2D eigenvalue weighted by atomic mass is 32.2. The van der Waals surface area contributed by atoms with Crippen molar-refractivity contribution < 1.29 is 4.74 Å². The molecule has 24 heavy (non-hydrogen) atoms. The van der Waals surface area contributed by atoms with Gasteiger partial charge in [0.25, 0.3) is 0 Å². The lowest BCUT2D eigenvalue weighted by atomic mass is 10.0. The Kier molecular flexibility index (Phi) is 8.70. The lowest BCUT2D eigenvalue weighted by Gasteiger charge is -2.38. The zero-order valence-corrected chi connectivity index (χ0v) is 16.8. The predicted octanol–water partition coefficient (Wildman–Crippen LogP) is 2.14. The predicted molar refractivity (Wildman–Crippen MR) is 105 cm³/mol. The van der Waals surface area contributed by atoms with Gasteiger partial charge in [-0.25, -0.2) is 0 Å². The van der Waals surface area contributed by atoms with E-state index < -0.39 is 0 Å². The van der Waals surface area contributed by atoms with Crippen LogP contribution in [0.4, 0.5) is 0 Å². The van der Waals surface area contributed by atoms with Crippen molar-refractivity contribution >= 4 is 17.7 Å². The van der Waals surface area contributed by atoms with E-state index >= 15 is 0 Å². The minimum atomic E-state index is 0.562. The highest BCUT2D eigenvalue weighted by molar-refractivity contribution is 8.00. The van der Waals surface area contributed by atoms with Crippen molar-refractivity contribution in [3.63, 3.8) is 0 Å². The van der Waals surface area contributed by atoms with Gasteiger partial charge in [-0.1, -0.05) is 20.8 Å². The Morgan fingerprint density at radius 2 is 2.04 bits per heavy atom. The van der Waals surface area contributed by atoms with E-state index in [1.807, 2.05) is 7.05 Å². The number of aliphatic imine (C=N–C) groups is 1. The van der Waals surface area contributed by atoms with Crippen molar-refractivity contribution in [3.05, 3.63) is 0 Å². The Hall–Kier alpha value is -0.460. The van der Waals surface area contributed by atoms with Gasteiger partial charge in [-0.3, -0.25) is 9.89 Å². The summed E-state index contributed by atoms with van der Waals surface area (Å²) in [5, 5.41) is 4.41. The molecule has 0 radical (unpaired) electrons. The van der Waals surface area contributed by atoms with E-state index in [2.05, 4.69) is 52.6 Å². The topological polar surface area (TPSA) is 40.1 Å². The van der Waals surface area contributed by atoms with Gasteiger partial charge in [-0.05, 0) is 18.8 Å². The molecule has 0 saturated carbocycles. The Morgan fingerprint density at radius 1 is 1.29 bits per heavy atom. The number of hydrogen-bond acceptors (Lipinski definition) is 4. The Labute approximate surface area is 152 Å². The number of morpholine rings is 1. The van der Waals surface area contributed by atoms with Crippen LogP contribution >= 0.6 is 11.8 Å². The van der Waals surface area contributed by atoms with Crippen molar-refractivity contribution in [2.45, 2.75) is 44.9 Å². The summed E-state index contributed by atoms with van der Waals surface area (Å²) in [4.78, 5) is 9.58. The Balaban J connectivity index is 1.90. The molecule has 140 valence electrons. The number of thioether (sulfide) groups is 1. The molecule has 2 fully saturated rings. The van der Waals surface area contributed by atoms with E-state index in [4.69, 9.17) is 4.74 Å². The second kappa shape index (κ2) is 10.5. The van der Waals surface area contributed by atoms with Crippen molar-refractivity contribution in [1.29, 1.82) is 0 Å². The van der Waals surface area contributed by atoms with Gasteiger partial charge in [-0.15, -0.1) is 0 Å². The largest absolute Gasteiger partial charge is 0.379 e. The van der Waals surface area contributed by atoms with Gasteiger partial charge >= 0.3 is 0 Å². The van der Waals surface area contributed by atoms with Gasteiger partial charge in [-0.2, -0.15) is 11.8 Å². The van der Waals surface area contributed by atoms with Crippen LogP contribution < -0.4 is 5.32 Å². The molecule has 1 N–H and O–H groups in total. The average molecular weight is 357 g/mol. The number of nitrogens with zero attached hydrogens (tertiary/aromatic N) is 3. The molecular formula is C18H36N4OS. The molecule has 2 aliphatic heterocycles. The van der Waals surface area contributed by atoms with E-state index in [0.717, 1.165) is 57.1 Å². The first-order chi connectivity index (χ1) is 11.6. The highest BCUT2D eigenvalue weighted by Gasteiger charge is 2.25. The van der Waals surface area contributed by atoms with Crippen molar-refractivity contribution in [3.8, 4) is 0 Å². The first-order valence-electron chi connectivity index (χ1n) is 9.53. The summed E-state index contributed by atoms with van der Waals surface area (Å²) in [7, 11) is 1.91. The maximum Gasteiger partial charge on any atom is 0.193 e. The maximum absolute atomic E-state index is 5.52. The molecule has 2 aliphatic rings. The molecule has 0 aromatic rings. The molecule has 0 aromatic carbocycles. The minimum Gasteiger partial charge on any atom is -0.379 e. The van der Waals surface area contributed by atoms with Crippen LogP contribution in [0.15, 0.2) is 4.99 Å². The summed E-state index contributed by atoms with van der Waals surface area (Å²) < 4.78 is 5.52. The van der Waals surface area contributed by atoms with Crippen LogP contribution in [-0.2, 0) is 4.74 Å². The fourth-order valence-corrected chi connectivity index (χ4v) is 4.73. The second-order valence-corrected chi connectivity index (χ2v) is 8.62. The van der Waals surface area contributed by atoms with E-state index in [0.29, 0.717) is 12.0 Å². The molecule has 0 spiro atoms. The number of nitrogens with one attached hydrogen (secondary N) is 1. The van der Waals surface area contributed by atoms with Crippen LogP contribution in [0.1, 0.15) is 33.6 Å². The molecule has 0 aliphatic carbocycles. The third-order valence-corrected chi connectivity index (χ3v) is 6.28. The van der Waals surface area contributed by atoms with Gasteiger partial charge in [0.05, 0.1) is 13.2 Å². The van der Waals surface area contributed by atoms with Gasteiger partial charge in [0.2, 0.25) is 0 Å². The fourth-order valence-electron chi connectivity index (χ4n) is 3.55. The van der Waals surface area contributed by atoms with E-state index in [-0.39, 0.29) is 0 Å². The second-order valence-electron chi connectivity index (χ2n) is 7.21. The first-order valence-corrected chi connectivity index (χ1v) is 10.6. The summed E-state index contributed by atoms with van der Waals surface area (Å²) in [6, 6.07) is 0.562. The van der Waals surface area contributed by atoms with Crippen LogP contribution in [0.25, 0.3) is 0 Å². The smallest absolute Gasteiger partial charge is 0.193 e. The summed E-state index contributed by atoms with van der Waals surface area (Å²) in [5.74, 6) is 2.99. The van der Waals surface area contributed by atoms with E-state index in [1.165, 1.54) is 18.6 Å². The fraction of sp³-hybridized carbons (Fsp3) is 0.944. The van der Waals surface area contributed by atoms with Crippen LogP contribution in [0.5, 0.6) is 0 Å². The molecule has 0 bridgehead atoms. The molecular weight excluding hydrogens is 320 g/mol. The zero-order chi connectivity index (χ0) is 17.4. The normalized spacial score (nSPS) is 25.1. The molecule has 2 atom stereocenters. The Bertz CT molecular complexity index is 385. The molecule has 2 unspecified atom stereocenters. The van der Waals surface area contributed by atoms with Crippen molar-refractivity contribution in [2.75, 3.05) is 58.7 Å². The van der Waals surface area contributed by atoms with E-state index in [9.17, 15) is 0 Å². The lowest BCUT2D eigenvalue weighted by Crippen LogP contribution is -2.53. The number of ether oxygens (including phenoxy) is 1. The minimum absolute atomic E-state index is 0.562. The molecule has 0 amide bonds. The van der Waals surface area contributed by atoms with Gasteiger partial charge in [0, 0.05) is 56.8 Å². The van der Waals surface area contributed by atoms with Crippen molar-refractivity contribution in [1.82, 2.24) is 15.1 Å². The maximum atomic E-state index is 5.52. The van der Waals surface area contributed by atoms with Crippen LogP contribution in [0.2, 0.25) is 0 Å². The lowest BCUT2D eigenvalue weighted by molar-refractivity contribution is 0.0131. The summed E-state index contributed by atoms with van der Waals surface area (Å²) in [6.45, 7) is 14.0. The molecule has 6 heteroatoms. The summed E-state index contributed by atoms with van der Waals surface area (Å²) in [5.41, 5.74) is 0. The van der Waals surface area contributed by atoms with Gasteiger partial charge < -0.3 is 15.0 Å². The number of guanidine groups is 1. The molecule has 2 rings (SSSR count). The molecule has 5 nitrogen and oxygen atoms in total. The van der Waals surface area contributed by atoms with Crippen LogP contribution in [0, 0.1) is 5.92 Å².